The first-order valence-electron chi connectivity index (χ1n) is 8.57. The number of alkyl halides is 3. The number of aryl methyl sites for hydroxylation is 1. The Bertz CT molecular complexity index is 967. The molecule has 3 aromatic rings. The number of nitrogens with one attached hydrogen (secondary N) is 1. The van der Waals surface area contributed by atoms with Crippen molar-refractivity contribution in [3.63, 3.8) is 0 Å². The van der Waals surface area contributed by atoms with Crippen LogP contribution in [0.15, 0.2) is 53.9 Å². The lowest BCUT2D eigenvalue weighted by Gasteiger charge is -2.20. The summed E-state index contributed by atoms with van der Waals surface area (Å²) >= 11 is 1.26. The van der Waals surface area contributed by atoms with E-state index < -0.39 is 17.8 Å². The number of hydrogen-bond donors (Lipinski definition) is 1. The highest BCUT2D eigenvalue weighted by molar-refractivity contribution is 7.14. The van der Waals surface area contributed by atoms with Crippen LogP contribution in [0.1, 0.15) is 18.1 Å². The zero-order valence-electron chi connectivity index (χ0n) is 15.2. The van der Waals surface area contributed by atoms with Crippen LogP contribution in [0.5, 0.6) is 0 Å². The number of carbonyl (C=O) groups excluding carboxylic acids is 1. The van der Waals surface area contributed by atoms with Gasteiger partial charge in [0.15, 0.2) is 5.13 Å². The summed E-state index contributed by atoms with van der Waals surface area (Å²) in [4.78, 5) is 18.4. The van der Waals surface area contributed by atoms with E-state index in [0.29, 0.717) is 10.8 Å². The molecule has 1 aromatic heterocycles. The number of benzene rings is 2. The van der Waals surface area contributed by atoms with Crippen LogP contribution < -0.4 is 10.2 Å². The summed E-state index contributed by atoms with van der Waals surface area (Å²) in [7, 11) is 0. The topological polar surface area (TPSA) is 45.2 Å². The third kappa shape index (κ3) is 4.33. The Morgan fingerprint density at radius 2 is 1.82 bits per heavy atom. The zero-order valence-corrected chi connectivity index (χ0v) is 16.1. The van der Waals surface area contributed by atoms with Gasteiger partial charge in [-0.2, -0.15) is 13.2 Å². The highest BCUT2D eigenvalue weighted by Crippen LogP contribution is 2.35. The minimum absolute atomic E-state index is 0.265. The van der Waals surface area contributed by atoms with Gasteiger partial charge in [-0.25, -0.2) is 9.78 Å². The van der Waals surface area contributed by atoms with E-state index in [1.54, 1.807) is 6.92 Å². The zero-order chi connectivity index (χ0) is 20.3. The number of hydrogen-bond acceptors (Lipinski definition) is 3. The van der Waals surface area contributed by atoms with Crippen LogP contribution in [-0.2, 0) is 6.18 Å². The number of nitrogens with zero attached hydrogens (tertiary/aromatic N) is 2. The third-order valence-electron chi connectivity index (χ3n) is 4.11. The van der Waals surface area contributed by atoms with E-state index in [1.165, 1.54) is 34.4 Å². The maximum atomic E-state index is 13.1. The standard InChI is InChI=1S/C20H18F3N3OS/c1-3-26(18(27)24-16-7-5-4-6-15(16)20(21,22)23)19-25-17(12-28-19)14-10-8-13(2)9-11-14/h4-12H,3H2,1-2H3,(H,24,27). The van der Waals surface area contributed by atoms with Crippen molar-refractivity contribution in [1.29, 1.82) is 0 Å². The van der Waals surface area contributed by atoms with Crippen molar-refractivity contribution >= 4 is 28.2 Å². The van der Waals surface area contributed by atoms with Gasteiger partial charge in [-0.1, -0.05) is 42.0 Å². The second-order valence-electron chi connectivity index (χ2n) is 6.10. The molecule has 0 radical (unpaired) electrons. The maximum Gasteiger partial charge on any atom is 0.418 e. The summed E-state index contributed by atoms with van der Waals surface area (Å²) in [6.45, 7) is 3.99. The summed E-state index contributed by atoms with van der Waals surface area (Å²) in [6.07, 6.45) is -4.55. The minimum atomic E-state index is -4.55. The molecule has 4 nitrogen and oxygen atoms in total. The molecule has 0 saturated heterocycles. The van der Waals surface area contributed by atoms with E-state index in [9.17, 15) is 18.0 Å². The lowest BCUT2D eigenvalue weighted by atomic mass is 10.1. The number of urea groups is 1. The molecule has 8 heteroatoms. The van der Waals surface area contributed by atoms with Gasteiger partial charge in [0.2, 0.25) is 0 Å². The van der Waals surface area contributed by atoms with E-state index in [0.717, 1.165) is 17.2 Å². The van der Waals surface area contributed by atoms with Gasteiger partial charge in [0.25, 0.3) is 0 Å². The largest absolute Gasteiger partial charge is 0.418 e. The summed E-state index contributed by atoms with van der Waals surface area (Å²) in [5.74, 6) is 0. The van der Waals surface area contributed by atoms with Crippen LogP contribution in [0.25, 0.3) is 11.3 Å². The molecule has 0 fully saturated rings. The van der Waals surface area contributed by atoms with Crippen LogP contribution in [0.2, 0.25) is 0 Å². The van der Waals surface area contributed by atoms with Crippen LogP contribution in [-0.4, -0.2) is 17.6 Å². The molecule has 0 atom stereocenters. The Morgan fingerprint density at radius 3 is 2.46 bits per heavy atom. The Balaban J connectivity index is 1.83. The van der Waals surface area contributed by atoms with E-state index >= 15 is 0 Å². The number of amides is 2. The Morgan fingerprint density at radius 1 is 1.14 bits per heavy atom. The molecule has 0 unspecified atom stereocenters. The Hall–Kier alpha value is -2.87. The molecular formula is C20H18F3N3OS. The predicted molar refractivity (Wildman–Crippen MR) is 106 cm³/mol. The lowest BCUT2D eigenvalue weighted by Crippen LogP contribution is -2.35. The quantitative estimate of drug-likeness (QED) is 0.562. The molecule has 146 valence electrons. The van der Waals surface area contributed by atoms with Crippen LogP contribution in [0.3, 0.4) is 0 Å². The van der Waals surface area contributed by atoms with Crippen molar-refractivity contribution < 1.29 is 18.0 Å². The van der Waals surface area contributed by atoms with Crippen molar-refractivity contribution in [2.24, 2.45) is 0 Å². The highest BCUT2D eigenvalue weighted by atomic mass is 32.1. The Labute approximate surface area is 164 Å². The van der Waals surface area contributed by atoms with Crippen molar-refractivity contribution in [2.75, 3.05) is 16.8 Å². The van der Waals surface area contributed by atoms with Gasteiger partial charge >= 0.3 is 12.2 Å². The number of aromatic nitrogens is 1. The van der Waals surface area contributed by atoms with Crippen LogP contribution >= 0.6 is 11.3 Å². The molecule has 0 aliphatic heterocycles. The summed E-state index contributed by atoms with van der Waals surface area (Å²) in [5.41, 5.74) is 1.57. The molecule has 0 aliphatic rings. The fourth-order valence-electron chi connectivity index (χ4n) is 2.63. The monoisotopic (exact) mass is 405 g/mol. The van der Waals surface area contributed by atoms with Gasteiger partial charge in [0, 0.05) is 17.5 Å². The number of para-hydroxylation sites is 1. The molecule has 0 spiro atoms. The van der Waals surface area contributed by atoms with Gasteiger partial charge in [0.1, 0.15) is 0 Å². The fourth-order valence-corrected chi connectivity index (χ4v) is 3.53. The van der Waals surface area contributed by atoms with Crippen molar-refractivity contribution in [2.45, 2.75) is 20.0 Å². The first kappa shape index (κ1) is 19.9. The molecule has 1 N–H and O–H groups in total. The normalized spacial score (nSPS) is 11.3. The van der Waals surface area contributed by atoms with Gasteiger partial charge in [-0.3, -0.25) is 4.90 Å². The molecule has 0 aliphatic carbocycles. The second kappa shape index (κ2) is 8.02. The number of halogens is 3. The number of thiazole rings is 1. The number of carbonyl (C=O) groups is 1. The van der Waals surface area contributed by atoms with E-state index in [-0.39, 0.29) is 12.2 Å². The van der Waals surface area contributed by atoms with E-state index in [2.05, 4.69) is 10.3 Å². The van der Waals surface area contributed by atoms with Gasteiger partial charge in [-0.05, 0) is 26.0 Å². The summed E-state index contributed by atoms with van der Waals surface area (Å²) in [5, 5.41) is 4.59. The van der Waals surface area contributed by atoms with Gasteiger partial charge in [0.05, 0.1) is 16.9 Å². The minimum Gasteiger partial charge on any atom is -0.307 e. The van der Waals surface area contributed by atoms with Crippen molar-refractivity contribution in [1.82, 2.24) is 4.98 Å². The number of anilines is 2. The fraction of sp³-hybridized carbons (Fsp3) is 0.200. The predicted octanol–water partition coefficient (Wildman–Crippen LogP) is 6.20. The molecule has 1 heterocycles. The van der Waals surface area contributed by atoms with E-state index in [1.807, 2.05) is 36.6 Å². The lowest BCUT2D eigenvalue weighted by molar-refractivity contribution is -0.136. The van der Waals surface area contributed by atoms with Crippen LogP contribution in [0, 0.1) is 6.92 Å². The maximum absolute atomic E-state index is 13.1. The summed E-state index contributed by atoms with van der Waals surface area (Å²) in [6, 6.07) is 12.0. The second-order valence-corrected chi connectivity index (χ2v) is 6.94. The van der Waals surface area contributed by atoms with Gasteiger partial charge in [-0.15, -0.1) is 11.3 Å². The molecule has 2 amide bonds. The average Bonchev–Trinajstić information content (AvgIpc) is 3.12. The average molecular weight is 405 g/mol. The van der Waals surface area contributed by atoms with Crippen molar-refractivity contribution in [3.05, 3.63) is 65.0 Å². The van der Waals surface area contributed by atoms with E-state index in [4.69, 9.17) is 0 Å². The van der Waals surface area contributed by atoms with Crippen LogP contribution in [0.4, 0.5) is 28.8 Å². The first-order valence-corrected chi connectivity index (χ1v) is 9.45. The molecule has 28 heavy (non-hydrogen) atoms. The highest BCUT2D eigenvalue weighted by Gasteiger charge is 2.34. The van der Waals surface area contributed by atoms with Gasteiger partial charge < -0.3 is 5.32 Å². The summed E-state index contributed by atoms with van der Waals surface area (Å²) < 4.78 is 39.4. The number of rotatable bonds is 4. The van der Waals surface area contributed by atoms with Crippen molar-refractivity contribution in [3.8, 4) is 11.3 Å². The molecule has 3 rings (SSSR count). The SMILES string of the molecule is CCN(C(=O)Nc1ccccc1C(F)(F)F)c1nc(-c2ccc(C)cc2)cs1. The molecule has 0 bridgehead atoms. The molecule has 0 saturated carbocycles. The molecule has 2 aromatic carbocycles. The smallest absolute Gasteiger partial charge is 0.307 e. The first-order chi connectivity index (χ1) is 13.3. The Kier molecular flexibility index (Phi) is 5.69. The molecular weight excluding hydrogens is 387 g/mol. The third-order valence-corrected chi connectivity index (χ3v) is 4.97.